The van der Waals surface area contributed by atoms with Gasteiger partial charge in [0.2, 0.25) is 0 Å². The van der Waals surface area contributed by atoms with Crippen molar-refractivity contribution in [3.05, 3.63) is 120 Å². The number of nitrogens with zero attached hydrogens (tertiary/aromatic N) is 3. The number of benzene rings is 3. The number of methoxy groups -OCH3 is 1. The molecule has 0 spiro atoms. The van der Waals surface area contributed by atoms with E-state index in [2.05, 4.69) is 15.3 Å². The van der Waals surface area contributed by atoms with Crippen molar-refractivity contribution in [2.45, 2.75) is 12.6 Å². The second kappa shape index (κ2) is 11.0. The maximum atomic E-state index is 13.7. The van der Waals surface area contributed by atoms with Crippen molar-refractivity contribution in [1.29, 1.82) is 0 Å². The molecule has 0 saturated carbocycles. The normalized spacial score (nSPS) is 11.4. The summed E-state index contributed by atoms with van der Waals surface area (Å²) in [6.45, 7) is 0.143. The third-order valence-electron chi connectivity index (χ3n) is 5.34. The minimum atomic E-state index is -1.03. The quantitative estimate of drug-likeness (QED) is 0.405. The summed E-state index contributed by atoms with van der Waals surface area (Å²) in [6.07, 6.45) is 4.26. The van der Waals surface area contributed by atoms with E-state index in [1.54, 1.807) is 31.4 Å². The molecule has 0 fully saturated rings. The zero-order chi connectivity index (χ0) is 24.6. The molecule has 2 amide bonds. The van der Waals surface area contributed by atoms with Crippen molar-refractivity contribution in [2.24, 2.45) is 0 Å². The maximum Gasteiger partial charge on any atom is 0.275 e. The first-order chi connectivity index (χ1) is 17.0. The second-order valence-electron chi connectivity index (χ2n) is 7.68. The average molecular weight is 471 g/mol. The molecule has 0 aliphatic heterocycles. The van der Waals surface area contributed by atoms with Gasteiger partial charge in [0.15, 0.2) is 0 Å². The molecule has 176 valence electrons. The van der Waals surface area contributed by atoms with Crippen molar-refractivity contribution in [2.75, 3.05) is 12.4 Å². The minimum Gasteiger partial charge on any atom is -0.497 e. The lowest BCUT2D eigenvalue weighted by Gasteiger charge is -2.31. The third-order valence-corrected chi connectivity index (χ3v) is 5.34. The molecule has 1 N–H and O–H groups in total. The monoisotopic (exact) mass is 470 g/mol. The molecule has 0 radical (unpaired) electrons. The number of anilines is 1. The third kappa shape index (κ3) is 5.86. The van der Waals surface area contributed by atoms with Crippen LogP contribution in [0.4, 0.5) is 10.1 Å². The fraction of sp³-hybridized carbons (Fsp3) is 0.111. The van der Waals surface area contributed by atoms with Crippen LogP contribution < -0.4 is 10.1 Å². The number of aromatic nitrogens is 2. The number of hydrogen-bond acceptors (Lipinski definition) is 5. The first-order valence-corrected chi connectivity index (χ1v) is 10.9. The number of rotatable bonds is 8. The van der Waals surface area contributed by atoms with E-state index >= 15 is 0 Å². The Morgan fingerprint density at radius 3 is 2.31 bits per heavy atom. The van der Waals surface area contributed by atoms with Gasteiger partial charge in [0.25, 0.3) is 11.8 Å². The van der Waals surface area contributed by atoms with E-state index in [1.807, 2.05) is 30.3 Å². The molecule has 0 unspecified atom stereocenters. The Kier molecular flexibility index (Phi) is 7.42. The lowest BCUT2D eigenvalue weighted by Crippen LogP contribution is -2.41. The molecule has 0 bridgehead atoms. The number of carbonyl (C=O) groups is 2. The molecular formula is C27H23FN4O3. The summed E-state index contributed by atoms with van der Waals surface area (Å²) in [6, 6.07) is 20.7. The summed E-state index contributed by atoms with van der Waals surface area (Å²) in [5.41, 5.74) is 1.91. The number of ether oxygens (including phenoxy) is 1. The number of amides is 2. The summed E-state index contributed by atoms with van der Waals surface area (Å²) in [5, 5.41) is 2.80. The Labute approximate surface area is 202 Å². The molecule has 35 heavy (non-hydrogen) atoms. The number of carbonyl (C=O) groups excluding carboxylic acids is 2. The van der Waals surface area contributed by atoms with Crippen LogP contribution in [0.3, 0.4) is 0 Å². The molecule has 0 saturated heterocycles. The van der Waals surface area contributed by atoms with E-state index in [1.165, 1.54) is 47.8 Å². The van der Waals surface area contributed by atoms with Crippen LogP contribution in [-0.2, 0) is 11.3 Å². The number of hydrogen-bond donors (Lipinski definition) is 1. The van der Waals surface area contributed by atoms with Crippen molar-refractivity contribution < 1.29 is 18.7 Å². The van der Waals surface area contributed by atoms with Gasteiger partial charge in [-0.15, -0.1) is 0 Å². The highest BCUT2D eigenvalue weighted by Gasteiger charge is 2.33. The lowest BCUT2D eigenvalue weighted by atomic mass is 10.0. The van der Waals surface area contributed by atoms with Gasteiger partial charge in [-0.1, -0.05) is 42.5 Å². The van der Waals surface area contributed by atoms with Crippen LogP contribution in [0, 0.1) is 5.82 Å². The molecule has 3 aromatic carbocycles. The molecular weight excluding hydrogens is 447 g/mol. The van der Waals surface area contributed by atoms with Gasteiger partial charge in [0, 0.05) is 24.6 Å². The van der Waals surface area contributed by atoms with Crippen LogP contribution in [0.2, 0.25) is 0 Å². The Morgan fingerprint density at radius 1 is 0.971 bits per heavy atom. The van der Waals surface area contributed by atoms with Crippen LogP contribution in [0.25, 0.3) is 0 Å². The first-order valence-electron chi connectivity index (χ1n) is 10.9. The largest absolute Gasteiger partial charge is 0.497 e. The van der Waals surface area contributed by atoms with Crippen molar-refractivity contribution in [1.82, 2.24) is 14.9 Å². The summed E-state index contributed by atoms with van der Waals surface area (Å²) in [5.74, 6) is -0.730. The van der Waals surface area contributed by atoms with Gasteiger partial charge < -0.3 is 15.0 Å². The fourth-order valence-corrected chi connectivity index (χ4v) is 3.62. The average Bonchev–Trinajstić information content (AvgIpc) is 2.90. The van der Waals surface area contributed by atoms with Gasteiger partial charge in [-0.05, 0) is 47.5 Å². The SMILES string of the molecule is COc1ccc([C@@H](C(=O)Nc2ccc(F)cc2)N(Cc2ccccc2)C(=O)c2cnccn2)cc1. The Hall–Kier alpha value is -4.59. The van der Waals surface area contributed by atoms with E-state index in [0.29, 0.717) is 17.0 Å². The zero-order valence-electron chi connectivity index (χ0n) is 19.0. The van der Waals surface area contributed by atoms with E-state index in [0.717, 1.165) is 5.56 Å². The van der Waals surface area contributed by atoms with Gasteiger partial charge in [0.1, 0.15) is 23.3 Å². The number of nitrogens with one attached hydrogen (secondary N) is 1. The lowest BCUT2D eigenvalue weighted by molar-refractivity contribution is -0.121. The predicted molar refractivity (Wildman–Crippen MR) is 129 cm³/mol. The van der Waals surface area contributed by atoms with Crippen molar-refractivity contribution in [3.8, 4) is 5.75 Å². The Morgan fingerprint density at radius 2 is 1.69 bits per heavy atom. The van der Waals surface area contributed by atoms with Crippen LogP contribution in [-0.4, -0.2) is 33.8 Å². The standard InChI is InChI=1S/C27H23FN4O3/c1-35-23-13-7-20(8-14-23)25(26(33)31-22-11-9-21(28)10-12-22)32(18-19-5-3-2-4-6-19)27(34)24-17-29-15-16-30-24/h2-17,25H,18H2,1H3,(H,31,33)/t25-/m0/s1. The topological polar surface area (TPSA) is 84.4 Å². The van der Waals surface area contributed by atoms with E-state index < -0.39 is 23.7 Å². The molecule has 4 rings (SSSR count). The smallest absolute Gasteiger partial charge is 0.275 e. The highest BCUT2D eigenvalue weighted by molar-refractivity contribution is 6.00. The molecule has 1 atom stereocenters. The Bertz CT molecular complexity index is 1270. The molecule has 8 heteroatoms. The van der Waals surface area contributed by atoms with Gasteiger partial charge in [-0.25, -0.2) is 9.37 Å². The molecule has 4 aromatic rings. The maximum absolute atomic E-state index is 13.7. The van der Waals surface area contributed by atoms with Crippen LogP contribution >= 0.6 is 0 Å². The van der Waals surface area contributed by atoms with Crippen LogP contribution in [0.5, 0.6) is 5.75 Å². The number of halogens is 1. The van der Waals surface area contributed by atoms with Gasteiger partial charge in [-0.3, -0.25) is 14.6 Å². The Balaban J connectivity index is 1.77. The molecule has 1 aromatic heterocycles. The van der Waals surface area contributed by atoms with Crippen molar-refractivity contribution >= 4 is 17.5 Å². The van der Waals surface area contributed by atoms with Gasteiger partial charge in [-0.2, -0.15) is 0 Å². The highest BCUT2D eigenvalue weighted by atomic mass is 19.1. The van der Waals surface area contributed by atoms with Crippen molar-refractivity contribution in [3.63, 3.8) is 0 Å². The molecule has 7 nitrogen and oxygen atoms in total. The fourth-order valence-electron chi connectivity index (χ4n) is 3.62. The highest BCUT2D eigenvalue weighted by Crippen LogP contribution is 2.28. The van der Waals surface area contributed by atoms with Crippen LogP contribution in [0.1, 0.15) is 27.7 Å². The van der Waals surface area contributed by atoms with E-state index in [-0.39, 0.29) is 12.2 Å². The van der Waals surface area contributed by atoms with Crippen LogP contribution in [0.15, 0.2) is 97.5 Å². The zero-order valence-corrected chi connectivity index (χ0v) is 19.0. The van der Waals surface area contributed by atoms with E-state index in [4.69, 9.17) is 4.74 Å². The predicted octanol–water partition coefficient (Wildman–Crippen LogP) is 4.65. The summed E-state index contributed by atoms with van der Waals surface area (Å²) < 4.78 is 18.6. The summed E-state index contributed by atoms with van der Waals surface area (Å²) in [4.78, 5) is 36.9. The second-order valence-corrected chi connectivity index (χ2v) is 7.68. The van der Waals surface area contributed by atoms with E-state index in [9.17, 15) is 14.0 Å². The van der Waals surface area contributed by atoms with Gasteiger partial charge in [0.05, 0.1) is 13.3 Å². The minimum absolute atomic E-state index is 0.108. The summed E-state index contributed by atoms with van der Waals surface area (Å²) >= 11 is 0. The molecule has 0 aliphatic carbocycles. The summed E-state index contributed by atoms with van der Waals surface area (Å²) in [7, 11) is 1.55. The first kappa shape index (κ1) is 23.6. The molecule has 0 aliphatic rings. The van der Waals surface area contributed by atoms with Gasteiger partial charge >= 0.3 is 0 Å². The molecule has 1 heterocycles.